The summed E-state index contributed by atoms with van der Waals surface area (Å²) in [5, 5.41) is 2.00. The summed E-state index contributed by atoms with van der Waals surface area (Å²) in [6, 6.07) is 8.27. The van der Waals surface area contributed by atoms with Crippen LogP contribution in [0.15, 0.2) is 24.3 Å². The average molecular weight is 196 g/mol. The molecule has 1 N–H and O–H groups in total. The van der Waals surface area contributed by atoms with Crippen LogP contribution in [0.2, 0.25) is 0 Å². The van der Waals surface area contributed by atoms with E-state index in [1.807, 2.05) is 45.1 Å². The summed E-state index contributed by atoms with van der Waals surface area (Å²) in [5.41, 5.74) is 5.55. The number of para-hydroxylation sites is 1. The minimum atomic E-state index is 0. The maximum atomic E-state index is 3.06. The maximum absolute atomic E-state index is 3.06. The van der Waals surface area contributed by atoms with Gasteiger partial charge in [0.1, 0.15) is 0 Å². The Labute approximate surface area is 88.9 Å². The van der Waals surface area contributed by atoms with Crippen molar-refractivity contribution in [2.75, 3.05) is 19.1 Å². The van der Waals surface area contributed by atoms with Crippen LogP contribution in [0.3, 0.4) is 0 Å². The first-order valence-corrected chi connectivity index (χ1v) is 4.72. The zero-order valence-corrected chi connectivity index (χ0v) is 9.26. The van der Waals surface area contributed by atoms with Gasteiger partial charge >= 0.3 is 0 Å². The number of nitrogens with one attached hydrogen (secondary N) is 1. The quantitative estimate of drug-likeness (QED) is 0.731. The molecular weight excluding hydrogens is 172 g/mol. The van der Waals surface area contributed by atoms with Gasteiger partial charge < -0.3 is 5.01 Å². The zero-order chi connectivity index (χ0) is 10.3. The zero-order valence-electron chi connectivity index (χ0n) is 9.26. The van der Waals surface area contributed by atoms with Crippen molar-refractivity contribution in [3.8, 4) is 0 Å². The van der Waals surface area contributed by atoms with Gasteiger partial charge in [-0.15, -0.1) is 0 Å². The Hall–Kier alpha value is -1.02. The maximum Gasteiger partial charge on any atom is 0.0545 e. The number of hydrogen-bond acceptors (Lipinski definition) is 2. The Bertz CT molecular complexity index is 234. The van der Waals surface area contributed by atoms with E-state index in [4.69, 9.17) is 0 Å². The Morgan fingerprint density at radius 2 is 1.64 bits per heavy atom. The highest BCUT2D eigenvalue weighted by Gasteiger charge is 1.98. The number of anilines is 1. The monoisotopic (exact) mass is 196 g/mol. The van der Waals surface area contributed by atoms with Crippen molar-refractivity contribution in [3.05, 3.63) is 29.8 Å². The van der Waals surface area contributed by atoms with Crippen molar-refractivity contribution in [3.63, 3.8) is 0 Å². The van der Waals surface area contributed by atoms with Gasteiger partial charge in [-0.05, 0) is 18.6 Å². The summed E-state index contributed by atoms with van der Waals surface area (Å²) < 4.78 is 0. The van der Waals surface area contributed by atoms with Crippen LogP contribution in [-0.4, -0.2) is 14.1 Å². The van der Waals surface area contributed by atoms with Gasteiger partial charge in [-0.2, -0.15) is 0 Å². The average Bonchev–Trinajstić information content (AvgIpc) is 2.20. The molecule has 0 fully saturated rings. The van der Waals surface area contributed by atoms with E-state index in [1.54, 1.807) is 0 Å². The first-order chi connectivity index (χ1) is 6.25. The van der Waals surface area contributed by atoms with Gasteiger partial charge in [-0.25, -0.2) is 5.43 Å². The Kier molecular flexibility index (Phi) is 9.46. The SMILES string of the molecule is C.CC.CNN(C)c1ccccc1C. The summed E-state index contributed by atoms with van der Waals surface area (Å²) in [6.07, 6.45) is 0. The summed E-state index contributed by atoms with van der Waals surface area (Å²) in [4.78, 5) is 0. The van der Waals surface area contributed by atoms with E-state index in [-0.39, 0.29) is 7.43 Å². The molecule has 0 saturated carbocycles. The van der Waals surface area contributed by atoms with E-state index < -0.39 is 0 Å². The summed E-state index contributed by atoms with van der Waals surface area (Å²) in [6.45, 7) is 6.10. The highest BCUT2D eigenvalue weighted by atomic mass is 15.5. The first kappa shape index (κ1) is 15.5. The molecule has 0 unspecified atom stereocenters. The van der Waals surface area contributed by atoms with Gasteiger partial charge in [0.05, 0.1) is 5.69 Å². The van der Waals surface area contributed by atoms with Crippen LogP contribution >= 0.6 is 0 Å². The first-order valence-electron chi connectivity index (χ1n) is 4.72. The fraction of sp³-hybridized carbons (Fsp3) is 0.500. The molecule has 2 nitrogen and oxygen atoms in total. The number of benzene rings is 1. The van der Waals surface area contributed by atoms with Gasteiger partial charge in [0.2, 0.25) is 0 Å². The second kappa shape index (κ2) is 8.57. The number of aryl methyl sites for hydroxylation is 1. The van der Waals surface area contributed by atoms with Crippen LogP contribution in [0.5, 0.6) is 0 Å². The molecule has 1 aromatic carbocycles. The van der Waals surface area contributed by atoms with Gasteiger partial charge in [0, 0.05) is 14.1 Å². The van der Waals surface area contributed by atoms with Crippen LogP contribution in [-0.2, 0) is 0 Å². The lowest BCUT2D eigenvalue weighted by atomic mass is 10.2. The normalized spacial score (nSPS) is 8.07. The van der Waals surface area contributed by atoms with Crippen molar-refractivity contribution in [2.24, 2.45) is 0 Å². The minimum absolute atomic E-state index is 0. The van der Waals surface area contributed by atoms with Crippen molar-refractivity contribution in [1.82, 2.24) is 5.43 Å². The highest BCUT2D eigenvalue weighted by Crippen LogP contribution is 2.15. The Balaban J connectivity index is 0. The summed E-state index contributed by atoms with van der Waals surface area (Å²) in [7, 11) is 3.91. The standard InChI is InChI=1S/C9H14N2.C2H6.CH4/c1-8-6-4-5-7-9(8)11(3)10-2;1-2;/h4-7,10H,1-3H3;1-2H3;1H4. The van der Waals surface area contributed by atoms with Gasteiger partial charge in [0.25, 0.3) is 0 Å². The van der Waals surface area contributed by atoms with Gasteiger partial charge in [0.15, 0.2) is 0 Å². The van der Waals surface area contributed by atoms with E-state index in [1.165, 1.54) is 11.3 Å². The minimum Gasteiger partial charge on any atom is -0.311 e. The molecule has 2 heteroatoms. The molecule has 0 bridgehead atoms. The second-order valence-corrected chi connectivity index (χ2v) is 2.57. The van der Waals surface area contributed by atoms with E-state index in [2.05, 4.69) is 24.5 Å². The third-order valence-electron chi connectivity index (χ3n) is 1.81. The molecule has 14 heavy (non-hydrogen) atoms. The number of hydrazine groups is 1. The van der Waals surface area contributed by atoms with Gasteiger partial charge in [-0.1, -0.05) is 39.5 Å². The lowest BCUT2D eigenvalue weighted by Crippen LogP contribution is -2.30. The topological polar surface area (TPSA) is 15.3 Å². The summed E-state index contributed by atoms with van der Waals surface area (Å²) in [5.74, 6) is 0. The summed E-state index contributed by atoms with van der Waals surface area (Å²) >= 11 is 0. The Morgan fingerprint density at radius 1 is 1.14 bits per heavy atom. The van der Waals surface area contributed by atoms with Crippen molar-refractivity contribution in [2.45, 2.75) is 28.2 Å². The van der Waals surface area contributed by atoms with Crippen molar-refractivity contribution < 1.29 is 0 Å². The van der Waals surface area contributed by atoms with Crippen LogP contribution in [0.1, 0.15) is 26.8 Å². The number of hydrogen-bond donors (Lipinski definition) is 1. The highest BCUT2D eigenvalue weighted by molar-refractivity contribution is 5.51. The second-order valence-electron chi connectivity index (χ2n) is 2.57. The Morgan fingerprint density at radius 3 is 2.07 bits per heavy atom. The fourth-order valence-electron chi connectivity index (χ4n) is 1.06. The van der Waals surface area contributed by atoms with E-state index >= 15 is 0 Å². The molecule has 0 aliphatic carbocycles. The molecule has 82 valence electrons. The third-order valence-corrected chi connectivity index (χ3v) is 1.81. The molecule has 0 amide bonds. The smallest absolute Gasteiger partial charge is 0.0545 e. The van der Waals surface area contributed by atoms with E-state index in [0.29, 0.717) is 0 Å². The lowest BCUT2D eigenvalue weighted by Gasteiger charge is -2.19. The lowest BCUT2D eigenvalue weighted by molar-refractivity contribution is 0.788. The number of nitrogens with zero attached hydrogens (tertiary/aromatic N) is 1. The molecule has 0 aromatic heterocycles. The van der Waals surface area contributed by atoms with Crippen molar-refractivity contribution >= 4 is 5.69 Å². The van der Waals surface area contributed by atoms with Crippen LogP contribution < -0.4 is 10.4 Å². The van der Waals surface area contributed by atoms with Crippen LogP contribution in [0.25, 0.3) is 0 Å². The predicted octanol–water partition coefficient (Wildman–Crippen LogP) is 3.23. The molecule has 0 heterocycles. The van der Waals surface area contributed by atoms with Crippen LogP contribution in [0.4, 0.5) is 5.69 Å². The third kappa shape index (κ3) is 4.28. The molecule has 1 rings (SSSR count). The fourth-order valence-corrected chi connectivity index (χ4v) is 1.06. The van der Waals surface area contributed by atoms with Crippen molar-refractivity contribution in [1.29, 1.82) is 0 Å². The molecule has 0 saturated heterocycles. The van der Waals surface area contributed by atoms with E-state index in [9.17, 15) is 0 Å². The molecule has 1 aromatic rings. The molecule has 0 spiro atoms. The number of rotatable bonds is 2. The molecular formula is C12H24N2. The predicted molar refractivity (Wildman–Crippen MR) is 66.7 cm³/mol. The largest absolute Gasteiger partial charge is 0.311 e. The van der Waals surface area contributed by atoms with E-state index in [0.717, 1.165) is 0 Å². The molecule has 0 atom stereocenters. The molecule has 0 radical (unpaired) electrons. The van der Waals surface area contributed by atoms with Crippen LogP contribution in [0, 0.1) is 6.92 Å². The molecule has 0 aliphatic rings. The molecule has 0 aliphatic heterocycles. The van der Waals surface area contributed by atoms with Gasteiger partial charge in [-0.3, -0.25) is 0 Å².